The molecule has 3 rings (SSSR count). The molecule has 6 heteroatoms. The van der Waals surface area contributed by atoms with Crippen LogP contribution in [-0.4, -0.2) is 23.1 Å². The molecule has 0 saturated heterocycles. The molecule has 1 aromatic heterocycles. The van der Waals surface area contributed by atoms with Crippen LogP contribution in [0.2, 0.25) is 5.02 Å². The van der Waals surface area contributed by atoms with Gasteiger partial charge in [0, 0.05) is 22.0 Å². The molecule has 0 bridgehead atoms. The molecule has 0 aliphatic carbocycles. The van der Waals surface area contributed by atoms with E-state index in [1.807, 2.05) is 25.1 Å². The fraction of sp³-hybridized carbons (Fsp3) is 0.150. The highest BCUT2D eigenvalue weighted by molar-refractivity contribution is 8.00. The molecule has 0 unspecified atom stereocenters. The van der Waals surface area contributed by atoms with Gasteiger partial charge >= 0.3 is 0 Å². The van der Waals surface area contributed by atoms with Gasteiger partial charge in [-0.1, -0.05) is 23.4 Å². The second-order valence-electron chi connectivity index (χ2n) is 5.46. The predicted octanol–water partition coefficient (Wildman–Crippen LogP) is 5.13. The van der Waals surface area contributed by atoms with Crippen LogP contribution >= 0.6 is 23.4 Å². The van der Waals surface area contributed by atoms with Crippen molar-refractivity contribution in [2.24, 2.45) is 0 Å². The first-order valence-corrected chi connectivity index (χ1v) is 9.36. The van der Waals surface area contributed by atoms with Crippen LogP contribution in [0.1, 0.15) is 22.8 Å². The molecule has 130 valence electrons. The highest BCUT2D eigenvalue weighted by Crippen LogP contribution is 2.27. The van der Waals surface area contributed by atoms with Crippen LogP contribution in [0.4, 0.5) is 0 Å². The highest BCUT2D eigenvalue weighted by Gasteiger charge is 2.12. The first-order chi connectivity index (χ1) is 12.6. The number of carbonyl (C=O) groups excluding carboxylic acids is 1. The van der Waals surface area contributed by atoms with Crippen molar-refractivity contribution in [2.75, 3.05) is 12.4 Å². The van der Waals surface area contributed by atoms with Crippen LogP contribution in [0, 0.1) is 11.3 Å². The van der Waals surface area contributed by atoms with Crippen LogP contribution in [0.15, 0.2) is 53.6 Å². The van der Waals surface area contributed by atoms with Crippen molar-refractivity contribution in [3.8, 4) is 11.8 Å². The fourth-order valence-corrected chi connectivity index (χ4v) is 3.41. The number of rotatable bonds is 6. The summed E-state index contributed by atoms with van der Waals surface area (Å²) in [6.07, 6.45) is 0. The molecular weight excluding hydrogens is 368 g/mol. The first kappa shape index (κ1) is 18.2. The Kier molecular flexibility index (Phi) is 5.77. The van der Waals surface area contributed by atoms with Gasteiger partial charge in [-0.15, -0.1) is 0 Å². The summed E-state index contributed by atoms with van der Waals surface area (Å²) in [5, 5.41) is 11.4. The van der Waals surface area contributed by atoms with Gasteiger partial charge in [0.2, 0.25) is 0 Å². The largest absolute Gasteiger partial charge is 0.494 e. The molecule has 0 spiro atoms. The van der Waals surface area contributed by atoms with Crippen LogP contribution in [0.3, 0.4) is 0 Å². The van der Waals surface area contributed by atoms with Crippen molar-refractivity contribution in [3.63, 3.8) is 0 Å². The third-order valence-electron chi connectivity index (χ3n) is 3.69. The van der Waals surface area contributed by atoms with Gasteiger partial charge in [-0.3, -0.25) is 4.79 Å². The maximum atomic E-state index is 12.3. The number of halogens is 1. The van der Waals surface area contributed by atoms with E-state index in [1.54, 1.807) is 30.3 Å². The SMILES string of the molecule is CCOc1ccc2cc(C#N)c(SCC(=O)c3ccc(Cl)cc3)nc2c1. The Morgan fingerprint density at radius 2 is 2.00 bits per heavy atom. The zero-order valence-corrected chi connectivity index (χ0v) is 15.6. The standard InChI is InChI=1S/C20H15ClN2O2S/c1-2-25-17-8-5-14-9-15(11-22)20(23-18(14)10-17)26-12-19(24)13-3-6-16(21)7-4-13/h3-10H,2,12H2,1H3. The maximum absolute atomic E-state index is 12.3. The molecule has 4 nitrogen and oxygen atoms in total. The number of hydrogen-bond acceptors (Lipinski definition) is 5. The van der Waals surface area contributed by atoms with E-state index in [2.05, 4.69) is 11.1 Å². The number of aromatic nitrogens is 1. The highest BCUT2D eigenvalue weighted by atomic mass is 35.5. The normalized spacial score (nSPS) is 10.5. The van der Waals surface area contributed by atoms with Gasteiger partial charge in [0.15, 0.2) is 5.78 Å². The molecule has 0 fully saturated rings. The molecule has 0 saturated carbocycles. The summed E-state index contributed by atoms with van der Waals surface area (Å²) in [5.74, 6) is 0.880. The second kappa shape index (κ2) is 8.22. The molecule has 0 aliphatic rings. The first-order valence-electron chi connectivity index (χ1n) is 8.00. The van der Waals surface area contributed by atoms with E-state index >= 15 is 0 Å². The van der Waals surface area contributed by atoms with Crippen LogP contribution < -0.4 is 4.74 Å². The fourth-order valence-electron chi connectivity index (χ4n) is 2.43. The van der Waals surface area contributed by atoms with Crippen LogP contribution in [-0.2, 0) is 0 Å². The van der Waals surface area contributed by atoms with E-state index in [9.17, 15) is 10.1 Å². The lowest BCUT2D eigenvalue weighted by Gasteiger charge is -2.08. The Morgan fingerprint density at radius 1 is 1.23 bits per heavy atom. The summed E-state index contributed by atoms with van der Waals surface area (Å²) >= 11 is 7.10. The number of nitriles is 1. The van der Waals surface area contributed by atoms with Gasteiger partial charge < -0.3 is 4.74 Å². The van der Waals surface area contributed by atoms with Crippen molar-refractivity contribution in [2.45, 2.75) is 11.9 Å². The Morgan fingerprint density at radius 3 is 2.69 bits per heavy atom. The van der Waals surface area contributed by atoms with Crippen LogP contribution in [0.25, 0.3) is 10.9 Å². The molecule has 0 atom stereocenters. The Hall–Kier alpha value is -2.55. The van der Waals surface area contributed by atoms with Gasteiger partial charge in [-0.25, -0.2) is 4.98 Å². The lowest BCUT2D eigenvalue weighted by Crippen LogP contribution is -2.03. The van der Waals surface area contributed by atoms with Gasteiger partial charge in [-0.05, 0) is 49.4 Å². The minimum atomic E-state index is -0.0412. The van der Waals surface area contributed by atoms with Gasteiger partial charge in [0.05, 0.1) is 23.4 Å². The number of nitrogens with zero attached hydrogens (tertiary/aromatic N) is 2. The molecule has 26 heavy (non-hydrogen) atoms. The van der Waals surface area contributed by atoms with Crippen molar-refractivity contribution >= 4 is 40.0 Å². The summed E-state index contributed by atoms with van der Waals surface area (Å²) < 4.78 is 5.50. The number of hydrogen-bond donors (Lipinski definition) is 0. The average Bonchev–Trinajstić information content (AvgIpc) is 2.66. The summed E-state index contributed by atoms with van der Waals surface area (Å²) in [6.45, 7) is 2.49. The summed E-state index contributed by atoms with van der Waals surface area (Å²) in [6, 6.07) is 16.3. The zero-order chi connectivity index (χ0) is 18.5. The Balaban J connectivity index is 1.84. The van der Waals surface area contributed by atoms with E-state index < -0.39 is 0 Å². The average molecular weight is 383 g/mol. The number of carbonyl (C=O) groups is 1. The van der Waals surface area contributed by atoms with Crippen molar-refractivity contribution in [3.05, 3.63) is 64.7 Å². The summed E-state index contributed by atoms with van der Waals surface area (Å²) in [4.78, 5) is 16.9. The number of thioether (sulfide) groups is 1. The number of ether oxygens (including phenoxy) is 1. The topological polar surface area (TPSA) is 63.0 Å². The zero-order valence-electron chi connectivity index (χ0n) is 14.0. The number of Topliss-reactive ketones (excluding diaryl/α,β-unsaturated/α-hetero) is 1. The van der Waals surface area contributed by atoms with Gasteiger partial charge in [0.1, 0.15) is 16.8 Å². The Labute approximate surface area is 160 Å². The van der Waals surface area contributed by atoms with Gasteiger partial charge in [0.25, 0.3) is 0 Å². The number of ketones is 1. The minimum absolute atomic E-state index is 0.0412. The molecule has 1 heterocycles. The molecule has 0 radical (unpaired) electrons. The molecule has 0 N–H and O–H groups in total. The molecule has 2 aromatic carbocycles. The monoisotopic (exact) mass is 382 g/mol. The van der Waals surface area contributed by atoms with Gasteiger partial charge in [-0.2, -0.15) is 5.26 Å². The minimum Gasteiger partial charge on any atom is -0.494 e. The van der Waals surface area contributed by atoms with Crippen LogP contribution in [0.5, 0.6) is 5.75 Å². The smallest absolute Gasteiger partial charge is 0.173 e. The number of fused-ring (bicyclic) bond motifs is 1. The van der Waals surface area contributed by atoms with Crippen molar-refractivity contribution in [1.82, 2.24) is 4.98 Å². The van der Waals surface area contributed by atoms with E-state index in [4.69, 9.17) is 16.3 Å². The van der Waals surface area contributed by atoms with Crippen molar-refractivity contribution in [1.29, 1.82) is 5.26 Å². The van der Waals surface area contributed by atoms with E-state index in [0.29, 0.717) is 27.8 Å². The third-order valence-corrected chi connectivity index (χ3v) is 4.93. The molecule has 3 aromatic rings. The predicted molar refractivity (Wildman–Crippen MR) is 104 cm³/mol. The summed E-state index contributed by atoms with van der Waals surface area (Å²) in [7, 11) is 0. The van der Waals surface area contributed by atoms with E-state index in [-0.39, 0.29) is 11.5 Å². The number of pyridine rings is 1. The van der Waals surface area contributed by atoms with E-state index in [1.165, 1.54) is 11.8 Å². The Bertz CT molecular complexity index is 997. The molecular formula is C20H15ClN2O2S. The maximum Gasteiger partial charge on any atom is 0.173 e. The second-order valence-corrected chi connectivity index (χ2v) is 6.86. The van der Waals surface area contributed by atoms with Crippen molar-refractivity contribution < 1.29 is 9.53 Å². The summed E-state index contributed by atoms with van der Waals surface area (Å²) in [5.41, 5.74) is 1.77. The quantitative estimate of drug-likeness (QED) is 0.436. The lowest BCUT2D eigenvalue weighted by atomic mass is 10.1. The number of benzene rings is 2. The molecule has 0 aliphatic heterocycles. The third kappa shape index (κ3) is 4.16. The molecule has 0 amide bonds. The van der Waals surface area contributed by atoms with E-state index in [0.717, 1.165) is 16.7 Å². The lowest BCUT2D eigenvalue weighted by molar-refractivity contribution is 0.102.